The predicted octanol–water partition coefficient (Wildman–Crippen LogP) is 2.07. The molecule has 2 rings (SSSR count). The van der Waals surface area contributed by atoms with E-state index in [9.17, 15) is 18.8 Å². The number of hydrogen-bond donors (Lipinski definition) is 3. The molecule has 0 saturated heterocycles. The molecule has 1 aromatic carbocycles. The van der Waals surface area contributed by atoms with Gasteiger partial charge in [-0.25, -0.2) is 4.39 Å². The first-order valence-corrected chi connectivity index (χ1v) is 9.53. The van der Waals surface area contributed by atoms with Crippen LogP contribution in [-0.2, 0) is 9.59 Å². The van der Waals surface area contributed by atoms with Gasteiger partial charge in [-0.2, -0.15) is 0 Å². The lowest BCUT2D eigenvalue weighted by atomic mass is 9.87. The zero-order valence-electron chi connectivity index (χ0n) is 15.8. The molecule has 0 spiro atoms. The van der Waals surface area contributed by atoms with E-state index in [0.29, 0.717) is 17.9 Å². The van der Waals surface area contributed by atoms with Gasteiger partial charge in [0.15, 0.2) is 0 Å². The minimum atomic E-state index is -0.431. The Morgan fingerprint density at radius 2 is 1.70 bits per heavy atom. The Labute approximate surface area is 159 Å². The summed E-state index contributed by atoms with van der Waals surface area (Å²) in [5, 5.41) is 7.88. The number of aryl methyl sites for hydroxylation is 1. The molecule has 7 heteroatoms. The summed E-state index contributed by atoms with van der Waals surface area (Å²) >= 11 is 0. The van der Waals surface area contributed by atoms with E-state index in [2.05, 4.69) is 16.0 Å². The predicted molar refractivity (Wildman–Crippen MR) is 101 cm³/mol. The van der Waals surface area contributed by atoms with Crippen LogP contribution in [0.15, 0.2) is 18.2 Å². The topological polar surface area (TPSA) is 87.3 Å². The number of halogens is 1. The molecule has 1 fully saturated rings. The van der Waals surface area contributed by atoms with Crippen LogP contribution in [0, 0.1) is 18.7 Å². The SMILES string of the molecule is Cc1ccc(C(=O)NCCNC(=O)CNC(=O)CC2CCCCC2)cc1F. The Hall–Kier alpha value is -2.44. The first-order chi connectivity index (χ1) is 13.0. The van der Waals surface area contributed by atoms with E-state index in [1.54, 1.807) is 19.1 Å². The van der Waals surface area contributed by atoms with Crippen molar-refractivity contribution in [1.29, 1.82) is 0 Å². The molecule has 0 bridgehead atoms. The van der Waals surface area contributed by atoms with Gasteiger partial charge in [-0.15, -0.1) is 0 Å². The third kappa shape index (κ3) is 7.37. The normalized spacial score (nSPS) is 14.4. The molecule has 0 aliphatic heterocycles. The summed E-state index contributed by atoms with van der Waals surface area (Å²) in [7, 11) is 0. The van der Waals surface area contributed by atoms with Gasteiger partial charge in [-0.05, 0) is 43.4 Å². The van der Waals surface area contributed by atoms with Crippen LogP contribution in [0.4, 0.5) is 4.39 Å². The Kier molecular flexibility index (Phi) is 8.23. The maximum absolute atomic E-state index is 13.5. The lowest BCUT2D eigenvalue weighted by Gasteiger charge is -2.20. The third-order valence-electron chi connectivity index (χ3n) is 4.81. The minimum Gasteiger partial charge on any atom is -0.353 e. The summed E-state index contributed by atoms with van der Waals surface area (Å²) in [5.74, 6) is -0.790. The molecule has 0 radical (unpaired) electrons. The number of amides is 3. The van der Waals surface area contributed by atoms with Gasteiger partial charge in [0, 0.05) is 25.1 Å². The quantitative estimate of drug-likeness (QED) is 0.606. The van der Waals surface area contributed by atoms with Crippen LogP contribution in [0.25, 0.3) is 0 Å². The third-order valence-corrected chi connectivity index (χ3v) is 4.81. The van der Waals surface area contributed by atoms with Gasteiger partial charge < -0.3 is 16.0 Å². The molecule has 1 saturated carbocycles. The second-order valence-electron chi connectivity index (χ2n) is 7.05. The number of nitrogens with one attached hydrogen (secondary N) is 3. The summed E-state index contributed by atoms with van der Waals surface area (Å²) in [6.07, 6.45) is 6.26. The van der Waals surface area contributed by atoms with Crippen molar-refractivity contribution in [1.82, 2.24) is 16.0 Å². The van der Waals surface area contributed by atoms with Gasteiger partial charge in [-0.1, -0.05) is 25.3 Å². The van der Waals surface area contributed by atoms with E-state index in [1.807, 2.05) is 0 Å². The second-order valence-corrected chi connectivity index (χ2v) is 7.05. The van der Waals surface area contributed by atoms with Crippen LogP contribution >= 0.6 is 0 Å². The standard InChI is InChI=1S/C20H28FN3O3/c1-14-7-8-16(12-17(14)21)20(27)23-10-9-22-19(26)13-24-18(25)11-15-5-3-2-4-6-15/h7-8,12,15H,2-6,9-11,13H2,1H3,(H,22,26)(H,23,27)(H,24,25). The maximum atomic E-state index is 13.5. The highest BCUT2D eigenvalue weighted by molar-refractivity contribution is 5.94. The lowest BCUT2D eigenvalue weighted by Crippen LogP contribution is -2.40. The summed E-state index contributed by atoms with van der Waals surface area (Å²) in [4.78, 5) is 35.5. The highest BCUT2D eigenvalue weighted by Crippen LogP contribution is 2.25. The van der Waals surface area contributed by atoms with Crippen LogP contribution in [-0.4, -0.2) is 37.4 Å². The molecule has 148 valence electrons. The summed E-state index contributed by atoms with van der Waals surface area (Å²) in [6.45, 7) is 2.01. The van der Waals surface area contributed by atoms with E-state index in [0.717, 1.165) is 12.8 Å². The van der Waals surface area contributed by atoms with E-state index >= 15 is 0 Å². The molecular weight excluding hydrogens is 349 g/mol. The van der Waals surface area contributed by atoms with Gasteiger partial charge in [0.1, 0.15) is 5.82 Å². The fourth-order valence-corrected chi connectivity index (χ4v) is 3.18. The fraction of sp³-hybridized carbons (Fsp3) is 0.550. The molecule has 1 aliphatic carbocycles. The van der Waals surface area contributed by atoms with Crippen LogP contribution in [0.5, 0.6) is 0 Å². The van der Waals surface area contributed by atoms with Gasteiger partial charge in [0.05, 0.1) is 6.54 Å². The molecule has 0 atom stereocenters. The molecule has 0 aromatic heterocycles. The smallest absolute Gasteiger partial charge is 0.251 e. The van der Waals surface area contributed by atoms with Crippen molar-refractivity contribution < 1.29 is 18.8 Å². The summed E-state index contributed by atoms with van der Waals surface area (Å²) in [6, 6.07) is 4.28. The molecule has 0 heterocycles. The summed E-state index contributed by atoms with van der Waals surface area (Å²) < 4.78 is 13.5. The number of benzene rings is 1. The van der Waals surface area contributed by atoms with Crippen molar-refractivity contribution in [2.45, 2.75) is 45.4 Å². The van der Waals surface area contributed by atoms with Crippen molar-refractivity contribution in [2.75, 3.05) is 19.6 Å². The first kappa shape index (κ1) is 20.9. The number of hydrogen-bond acceptors (Lipinski definition) is 3. The van der Waals surface area contributed by atoms with Crippen molar-refractivity contribution in [3.05, 3.63) is 35.1 Å². The lowest BCUT2D eigenvalue weighted by molar-refractivity contribution is -0.126. The Balaban J connectivity index is 1.58. The highest BCUT2D eigenvalue weighted by atomic mass is 19.1. The fourth-order valence-electron chi connectivity index (χ4n) is 3.18. The number of carbonyl (C=O) groups excluding carboxylic acids is 3. The second kappa shape index (κ2) is 10.6. The van der Waals surface area contributed by atoms with Gasteiger partial charge in [0.25, 0.3) is 5.91 Å². The van der Waals surface area contributed by atoms with Crippen molar-refractivity contribution in [2.24, 2.45) is 5.92 Å². The van der Waals surface area contributed by atoms with Gasteiger partial charge in [-0.3, -0.25) is 14.4 Å². The zero-order chi connectivity index (χ0) is 19.6. The van der Waals surface area contributed by atoms with E-state index in [1.165, 1.54) is 25.3 Å². The molecular formula is C20H28FN3O3. The molecule has 0 unspecified atom stereocenters. The molecule has 1 aliphatic rings. The number of rotatable bonds is 8. The highest BCUT2D eigenvalue weighted by Gasteiger charge is 2.17. The van der Waals surface area contributed by atoms with Crippen LogP contribution in [0.3, 0.4) is 0 Å². The summed E-state index contributed by atoms with van der Waals surface area (Å²) in [5.41, 5.74) is 0.712. The Morgan fingerprint density at radius 1 is 1.00 bits per heavy atom. The van der Waals surface area contributed by atoms with Crippen LogP contribution in [0.1, 0.15) is 54.4 Å². The average Bonchev–Trinajstić information content (AvgIpc) is 2.66. The molecule has 3 N–H and O–H groups in total. The monoisotopic (exact) mass is 377 g/mol. The van der Waals surface area contributed by atoms with Crippen molar-refractivity contribution in [3.8, 4) is 0 Å². The minimum absolute atomic E-state index is 0.0668. The largest absolute Gasteiger partial charge is 0.353 e. The number of carbonyl (C=O) groups is 3. The Bertz CT molecular complexity index is 672. The zero-order valence-corrected chi connectivity index (χ0v) is 15.8. The Morgan fingerprint density at radius 3 is 2.41 bits per heavy atom. The molecule has 3 amide bonds. The average molecular weight is 377 g/mol. The van der Waals surface area contributed by atoms with Crippen LogP contribution < -0.4 is 16.0 Å². The molecule has 27 heavy (non-hydrogen) atoms. The van der Waals surface area contributed by atoms with Gasteiger partial charge >= 0.3 is 0 Å². The van der Waals surface area contributed by atoms with E-state index < -0.39 is 11.7 Å². The van der Waals surface area contributed by atoms with Crippen molar-refractivity contribution in [3.63, 3.8) is 0 Å². The van der Waals surface area contributed by atoms with Crippen LogP contribution in [0.2, 0.25) is 0 Å². The van der Waals surface area contributed by atoms with E-state index in [-0.39, 0.29) is 37.0 Å². The molecule has 1 aromatic rings. The first-order valence-electron chi connectivity index (χ1n) is 9.53. The van der Waals surface area contributed by atoms with Crippen molar-refractivity contribution >= 4 is 17.7 Å². The maximum Gasteiger partial charge on any atom is 0.251 e. The van der Waals surface area contributed by atoms with Gasteiger partial charge in [0.2, 0.25) is 11.8 Å². The van der Waals surface area contributed by atoms with E-state index in [4.69, 9.17) is 0 Å². The molecule has 6 nitrogen and oxygen atoms in total.